The lowest BCUT2D eigenvalue weighted by atomic mass is 10.1. The van der Waals surface area contributed by atoms with Gasteiger partial charge >= 0.3 is 0 Å². The minimum Gasteiger partial charge on any atom is -0.0862 e. The summed E-state index contributed by atoms with van der Waals surface area (Å²) >= 11 is 14.4. The molecule has 1 aliphatic carbocycles. The molecule has 0 aliphatic heterocycles. The number of hydrogen-bond donors (Lipinski definition) is 0. The smallest absolute Gasteiger partial charge is 0.0465 e. The van der Waals surface area contributed by atoms with Crippen molar-refractivity contribution in [3.05, 3.63) is 24.3 Å². The van der Waals surface area contributed by atoms with Crippen molar-refractivity contribution in [3.8, 4) is 0 Å². The molecule has 0 saturated carbocycles. The number of alkyl halides is 4. The van der Waals surface area contributed by atoms with Crippen LogP contribution in [0.3, 0.4) is 0 Å². The molecule has 0 N–H and O–H groups in total. The molecule has 1 rings (SSSR count). The van der Waals surface area contributed by atoms with Gasteiger partial charge in [-0.15, -0.1) is 0 Å². The Bertz CT molecular complexity index is 177. The normalized spacial score (nSPS) is 42.3. The maximum atomic E-state index is 3.64. The Labute approximate surface area is 106 Å². The van der Waals surface area contributed by atoms with E-state index in [1.54, 1.807) is 0 Å². The zero-order valence-corrected chi connectivity index (χ0v) is 12.5. The van der Waals surface area contributed by atoms with Crippen LogP contribution in [0.25, 0.3) is 0 Å². The molecule has 4 atom stereocenters. The van der Waals surface area contributed by atoms with Gasteiger partial charge in [-0.25, -0.2) is 0 Å². The topological polar surface area (TPSA) is 0 Å². The van der Waals surface area contributed by atoms with Crippen molar-refractivity contribution < 1.29 is 0 Å². The summed E-state index contributed by atoms with van der Waals surface area (Å²) in [6, 6.07) is 0. The summed E-state index contributed by atoms with van der Waals surface area (Å²) in [6.07, 6.45) is 8.37. The van der Waals surface area contributed by atoms with Crippen LogP contribution in [0.2, 0.25) is 0 Å². The highest BCUT2D eigenvalue weighted by atomic mass is 79.9. The highest BCUT2D eigenvalue weighted by Gasteiger charge is 2.26. The second-order valence-electron chi connectivity index (χ2n) is 2.55. The summed E-state index contributed by atoms with van der Waals surface area (Å²) in [5.74, 6) is 0. The van der Waals surface area contributed by atoms with Crippen molar-refractivity contribution in [2.24, 2.45) is 0 Å². The van der Waals surface area contributed by atoms with E-state index in [1.807, 2.05) is 0 Å². The molecular formula is C8H8Br4. The maximum Gasteiger partial charge on any atom is 0.0465 e. The number of allylic oxidation sites excluding steroid dienone is 4. The van der Waals surface area contributed by atoms with Crippen LogP contribution in [0.4, 0.5) is 0 Å². The van der Waals surface area contributed by atoms with Gasteiger partial charge < -0.3 is 0 Å². The third kappa shape index (κ3) is 2.96. The standard InChI is InChI=1S/C8H8Br4/c9-5-3-1-2-4-6(10)8(12)7(5)11/h1-8H. The van der Waals surface area contributed by atoms with E-state index in [4.69, 9.17) is 0 Å². The third-order valence-electron chi connectivity index (χ3n) is 1.61. The highest BCUT2D eigenvalue weighted by Crippen LogP contribution is 2.31. The van der Waals surface area contributed by atoms with Crippen LogP contribution in [-0.4, -0.2) is 19.3 Å². The Morgan fingerprint density at radius 1 is 0.667 bits per heavy atom. The van der Waals surface area contributed by atoms with Gasteiger partial charge in [0.1, 0.15) is 0 Å². The average molecular weight is 424 g/mol. The molecule has 0 saturated heterocycles. The molecule has 0 heterocycles. The van der Waals surface area contributed by atoms with E-state index in [1.165, 1.54) is 0 Å². The molecule has 0 spiro atoms. The Hall–Kier alpha value is 1.40. The molecule has 0 aromatic rings. The largest absolute Gasteiger partial charge is 0.0862 e. The summed E-state index contributed by atoms with van der Waals surface area (Å²) < 4.78 is 0. The molecule has 12 heavy (non-hydrogen) atoms. The predicted octanol–water partition coefficient (Wildman–Crippen LogP) is 4.17. The van der Waals surface area contributed by atoms with Crippen molar-refractivity contribution in [1.82, 2.24) is 0 Å². The van der Waals surface area contributed by atoms with Crippen molar-refractivity contribution >= 4 is 63.7 Å². The molecule has 4 unspecified atom stereocenters. The lowest BCUT2D eigenvalue weighted by Crippen LogP contribution is -2.29. The van der Waals surface area contributed by atoms with Crippen LogP contribution in [0, 0.1) is 0 Å². The number of halogens is 4. The van der Waals surface area contributed by atoms with Crippen molar-refractivity contribution in [1.29, 1.82) is 0 Å². The fraction of sp³-hybridized carbons (Fsp3) is 0.500. The first-order valence-electron chi connectivity index (χ1n) is 3.54. The molecule has 0 fully saturated rings. The van der Waals surface area contributed by atoms with E-state index >= 15 is 0 Å². The Balaban J connectivity index is 2.78. The molecule has 68 valence electrons. The van der Waals surface area contributed by atoms with Crippen LogP contribution in [0.5, 0.6) is 0 Å². The lowest BCUT2D eigenvalue weighted by Gasteiger charge is -2.23. The van der Waals surface area contributed by atoms with Gasteiger partial charge in [-0.2, -0.15) is 0 Å². The Morgan fingerprint density at radius 2 is 1.00 bits per heavy atom. The first-order valence-corrected chi connectivity index (χ1v) is 7.20. The number of hydrogen-bond acceptors (Lipinski definition) is 0. The average Bonchev–Trinajstić information content (AvgIpc) is 2.07. The molecule has 0 amide bonds. The Morgan fingerprint density at radius 3 is 1.33 bits per heavy atom. The van der Waals surface area contributed by atoms with E-state index in [0.29, 0.717) is 19.3 Å². The van der Waals surface area contributed by atoms with Gasteiger partial charge in [-0.1, -0.05) is 88.0 Å². The second kappa shape index (κ2) is 5.32. The van der Waals surface area contributed by atoms with Crippen molar-refractivity contribution in [2.75, 3.05) is 0 Å². The number of rotatable bonds is 0. The van der Waals surface area contributed by atoms with Crippen LogP contribution in [0.15, 0.2) is 24.3 Å². The zero-order valence-electron chi connectivity index (χ0n) is 6.13. The van der Waals surface area contributed by atoms with Crippen LogP contribution in [-0.2, 0) is 0 Å². The minimum atomic E-state index is 0.367. The lowest BCUT2D eigenvalue weighted by molar-refractivity contribution is 0.855. The van der Waals surface area contributed by atoms with Gasteiger partial charge in [0.05, 0.1) is 0 Å². The summed E-state index contributed by atoms with van der Waals surface area (Å²) in [6.45, 7) is 0. The van der Waals surface area contributed by atoms with E-state index in [2.05, 4.69) is 88.0 Å². The van der Waals surface area contributed by atoms with Crippen LogP contribution < -0.4 is 0 Å². The molecule has 0 bridgehead atoms. The van der Waals surface area contributed by atoms with Crippen molar-refractivity contribution in [2.45, 2.75) is 19.3 Å². The van der Waals surface area contributed by atoms with Crippen LogP contribution in [0.1, 0.15) is 0 Å². The van der Waals surface area contributed by atoms with Crippen LogP contribution >= 0.6 is 63.7 Å². The van der Waals surface area contributed by atoms with Gasteiger partial charge in [-0.05, 0) is 0 Å². The predicted molar refractivity (Wildman–Crippen MR) is 69.1 cm³/mol. The molecule has 0 radical (unpaired) electrons. The third-order valence-corrected chi connectivity index (χ3v) is 7.77. The first-order chi connectivity index (χ1) is 5.63. The van der Waals surface area contributed by atoms with E-state index in [0.717, 1.165) is 0 Å². The molecule has 0 aromatic carbocycles. The Kier molecular flexibility index (Phi) is 5.09. The van der Waals surface area contributed by atoms with E-state index in [-0.39, 0.29) is 0 Å². The fourth-order valence-corrected chi connectivity index (χ4v) is 3.74. The zero-order chi connectivity index (χ0) is 9.14. The highest BCUT2D eigenvalue weighted by molar-refractivity contribution is 9.14. The molecule has 1 aliphatic rings. The monoisotopic (exact) mass is 420 g/mol. The molecule has 4 heteroatoms. The van der Waals surface area contributed by atoms with Gasteiger partial charge in [0.2, 0.25) is 0 Å². The summed E-state index contributed by atoms with van der Waals surface area (Å²) in [7, 11) is 0. The molecule has 0 aromatic heterocycles. The maximum absolute atomic E-state index is 3.64. The quantitative estimate of drug-likeness (QED) is 0.513. The summed E-state index contributed by atoms with van der Waals surface area (Å²) in [5.41, 5.74) is 0. The molecule has 0 nitrogen and oxygen atoms in total. The first kappa shape index (κ1) is 11.5. The van der Waals surface area contributed by atoms with Crippen molar-refractivity contribution in [3.63, 3.8) is 0 Å². The summed E-state index contributed by atoms with van der Waals surface area (Å²) in [5, 5.41) is 0. The van der Waals surface area contributed by atoms with Gasteiger partial charge in [0.25, 0.3) is 0 Å². The molecular weight excluding hydrogens is 416 g/mol. The second-order valence-corrected chi connectivity index (χ2v) is 6.78. The van der Waals surface area contributed by atoms with Gasteiger partial charge in [0, 0.05) is 19.3 Å². The van der Waals surface area contributed by atoms with E-state index < -0.39 is 0 Å². The fourth-order valence-electron chi connectivity index (χ4n) is 0.904. The van der Waals surface area contributed by atoms with Gasteiger partial charge in [-0.3, -0.25) is 0 Å². The summed E-state index contributed by atoms with van der Waals surface area (Å²) in [4.78, 5) is 1.52. The van der Waals surface area contributed by atoms with E-state index in [9.17, 15) is 0 Å². The minimum absolute atomic E-state index is 0.367. The SMILES string of the molecule is BrC1C=CC=CC(Br)C(Br)C1Br. The van der Waals surface area contributed by atoms with Gasteiger partial charge in [0.15, 0.2) is 0 Å².